The van der Waals surface area contributed by atoms with E-state index in [-0.39, 0.29) is 0 Å². The zero-order chi connectivity index (χ0) is 35.6. The molecule has 10 aromatic rings. The first-order valence-corrected chi connectivity index (χ1v) is 18.5. The zero-order valence-electron chi connectivity index (χ0n) is 29.3. The molecule has 0 saturated carbocycles. The van der Waals surface area contributed by atoms with Crippen LogP contribution in [-0.2, 0) is 6.42 Å². The molecule has 0 aliphatic heterocycles. The van der Waals surface area contributed by atoms with Crippen LogP contribution < -0.4 is 0 Å². The number of para-hydroxylation sites is 3. The maximum Gasteiger partial charge on any atom is 0.147 e. The summed E-state index contributed by atoms with van der Waals surface area (Å²) in [5, 5.41) is 4.34. The van der Waals surface area contributed by atoms with Gasteiger partial charge in [-0.05, 0) is 65.9 Å². The highest BCUT2D eigenvalue weighted by atomic mass is 16.3. The van der Waals surface area contributed by atoms with Crippen molar-refractivity contribution in [3.63, 3.8) is 0 Å². The summed E-state index contributed by atoms with van der Waals surface area (Å²) >= 11 is 0. The van der Waals surface area contributed by atoms with Crippen molar-refractivity contribution in [2.24, 2.45) is 0 Å². The van der Waals surface area contributed by atoms with Crippen molar-refractivity contribution >= 4 is 49.9 Å². The molecule has 0 fully saturated rings. The third-order valence-corrected chi connectivity index (χ3v) is 10.8. The summed E-state index contributed by atoms with van der Waals surface area (Å²) in [7, 11) is 0. The van der Waals surface area contributed by atoms with Gasteiger partial charge in [0, 0.05) is 44.0 Å². The predicted molar refractivity (Wildman–Crippen MR) is 221 cm³/mol. The van der Waals surface area contributed by atoms with Gasteiger partial charge < -0.3 is 8.83 Å². The average Bonchev–Trinajstić information content (AvgIpc) is 3.83. The third kappa shape index (κ3) is 4.99. The number of pyridine rings is 2. The van der Waals surface area contributed by atoms with E-state index in [0.717, 1.165) is 113 Å². The number of hydrogen-bond acceptors (Lipinski definition) is 4. The lowest BCUT2D eigenvalue weighted by Crippen LogP contribution is -1.92. The largest absolute Gasteiger partial charge is 0.456 e. The molecular weight excluding hydrogens is 661 g/mol. The van der Waals surface area contributed by atoms with Crippen LogP contribution in [-0.4, -0.2) is 9.97 Å². The van der Waals surface area contributed by atoms with E-state index in [9.17, 15) is 0 Å². The van der Waals surface area contributed by atoms with E-state index >= 15 is 0 Å². The van der Waals surface area contributed by atoms with Crippen molar-refractivity contribution in [3.05, 3.63) is 175 Å². The predicted octanol–water partition coefficient (Wildman–Crippen LogP) is 13.6. The molecular formula is C50H32N2O2. The van der Waals surface area contributed by atoms with Gasteiger partial charge in [-0.2, -0.15) is 0 Å². The minimum Gasteiger partial charge on any atom is -0.456 e. The maximum absolute atomic E-state index is 6.45. The molecule has 0 N–H and O–H groups in total. The van der Waals surface area contributed by atoms with E-state index in [4.69, 9.17) is 18.8 Å². The Kier molecular flexibility index (Phi) is 6.96. The summed E-state index contributed by atoms with van der Waals surface area (Å²) in [6, 6.07) is 55.1. The quantitative estimate of drug-likeness (QED) is 0.180. The van der Waals surface area contributed by atoms with Gasteiger partial charge in [0.2, 0.25) is 0 Å². The normalized spacial score (nSPS) is 12.6. The van der Waals surface area contributed by atoms with E-state index in [1.807, 2.05) is 30.3 Å². The fraction of sp³-hybridized carbons (Fsp3) is 0.0400. The average molecular weight is 693 g/mol. The summed E-state index contributed by atoms with van der Waals surface area (Å²) in [4.78, 5) is 10.4. The van der Waals surface area contributed by atoms with Crippen molar-refractivity contribution < 1.29 is 8.83 Å². The van der Waals surface area contributed by atoms with Crippen LogP contribution in [0.3, 0.4) is 0 Å². The summed E-state index contributed by atoms with van der Waals surface area (Å²) in [6.07, 6.45) is 6.38. The molecule has 0 saturated heterocycles. The molecule has 1 aliphatic rings. The van der Waals surface area contributed by atoms with E-state index in [0.29, 0.717) is 0 Å². The molecule has 0 spiro atoms. The number of allylic oxidation sites excluding steroid dienone is 1. The number of nitrogens with zero attached hydrogens (tertiary/aromatic N) is 2. The lowest BCUT2D eigenvalue weighted by atomic mass is 9.96. The first-order valence-electron chi connectivity index (χ1n) is 18.5. The molecule has 11 rings (SSSR count). The Morgan fingerprint density at radius 2 is 1.13 bits per heavy atom. The molecule has 0 atom stereocenters. The van der Waals surface area contributed by atoms with Crippen LogP contribution in [0.4, 0.5) is 0 Å². The fourth-order valence-corrected chi connectivity index (χ4v) is 8.09. The van der Waals surface area contributed by atoms with E-state index in [1.165, 1.54) is 10.9 Å². The minimum absolute atomic E-state index is 0.864. The van der Waals surface area contributed by atoms with Crippen LogP contribution in [0, 0.1) is 0 Å². The van der Waals surface area contributed by atoms with Gasteiger partial charge in [-0.3, -0.25) is 0 Å². The van der Waals surface area contributed by atoms with Gasteiger partial charge >= 0.3 is 0 Å². The second-order valence-electron chi connectivity index (χ2n) is 14.0. The topological polar surface area (TPSA) is 52.1 Å². The summed E-state index contributed by atoms with van der Waals surface area (Å²) < 4.78 is 12.8. The van der Waals surface area contributed by atoms with Crippen molar-refractivity contribution in [2.75, 3.05) is 0 Å². The molecule has 6 aromatic carbocycles. The maximum atomic E-state index is 6.45. The van der Waals surface area contributed by atoms with Crippen molar-refractivity contribution in [1.82, 2.24) is 9.97 Å². The number of benzene rings is 6. The highest BCUT2D eigenvalue weighted by molar-refractivity contribution is 6.19. The Morgan fingerprint density at radius 3 is 1.96 bits per heavy atom. The molecule has 0 unspecified atom stereocenters. The fourth-order valence-electron chi connectivity index (χ4n) is 8.09. The van der Waals surface area contributed by atoms with Crippen LogP contribution in [0.5, 0.6) is 0 Å². The number of aromatic nitrogens is 2. The Hall–Kier alpha value is -7.04. The SMILES string of the molecule is C1=Cc2oc3c(-c4ccc(-c5cc(-c6ccc(-c7nc8ccccc8c8oc9ccccc9c78)cc6)cc(-c6ccccc6)n5)cc4)cccc3c2CC1. The lowest BCUT2D eigenvalue weighted by molar-refractivity contribution is 0.596. The van der Waals surface area contributed by atoms with Gasteiger partial charge in [0.15, 0.2) is 0 Å². The van der Waals surface area contributed by atoms with Gasteiger partial charge in [0.05, 0.1) is 28.0 Å². The van der Waals surface area contributed by atoms with Gasteiger partial charge in [0.1, 0.15) is 22.5 Å². The lowest BCUT2D eigenvalue weighted by Gasteiger charge is -2.12. The van der Waals surface area contributed by atoms with Crippen LogP contribution >= 0.6 is 0 Å². The van der Waals surface area contributed by atoms with Crippen molar-refractivity contribution in [1.29, 1.82) is 0 Å². The minimum atomic E-state index is 0.864. The second-order valence-corrected chi connectivity index (χ2v) is 14.0. The van der Waals surface area contributed by atoms with Crippen molar-refractivity contribution in [3.8, 4) is 56.0 Å². The molecule has 1 aliphatic carbocycles. The number of aryl methyl sites for hydroxylation is 1. The molecule has 4 heteroatoms. The van der Waals surface area contributed by atoms with Crippen LogP contribution in [0.25, 0.3) is 106 Å². The number of rotatable bonds is 5. The van der Waals surface area contributed by atoms with Gasteiger partial charge in [0.25, 0.3) is 0 Å². The molecule has 54 heavy (non-hydrogen) atoms. The summed E-state index contributed by atoms with van der Waals surface area (Å²) in [5.74, 6) is 0.986. The number of furan rings is 2. The Bertz CT molecular complexity index is 3080. The Labute approximate surface area is 311 Å². The van der Waals surface area contributed by atoms with Crippen molar-refractivity contribution in [2.45, 2.75) is 12.8 Å². The highest BCUT2D eigenvalue weighted by Crippen LogP contribution is 2.41. The van der Waals surface area contributed by atoms with E-state index < -0.39 is 0 Å². The molecule has 4 heterocycles. The molecule has 0 bridgehead atoms. The molecule has 254 valence electrons. The van der Waals surface area contributed by atoms with Crippen LogP contribution in [0.2, 0.25) is 0 Å². The number of fused-ring (bicyclic) bond motifs is 8. The van der Waals surface area contributed by atoms with Crippen LogP contribution in [0.1, 0.15) is 17.7 Å². The monoisotopic (exact) mass is 692 g/mol. The molecule has 0 amide bonds. The van der Waals surface area contributed by atoms with E-state index in [1.54, 1.807) is 0 Å². The third-order valence-electron chi connectivity index (χ3n) is 10.8. The second kappa shape index (κ2) is 12.3. The molecule has 4 aromatic heterocycles. The molecule has 0 radical (unpaired) electrons. The van der Waals surface area contributed by atoms with Crippen LogP contribution in [0.15, 0.2) is 173 Å². The highest BCUT2D eigenvalue weighted by Gasteiger charge is 2.19. The Morgan fingerprint density at radius 1 is 0.463 bits per heavy atom. The standard InChI is InChI=1S/C50H32N2O2/c1-2-11-33(12-3-1)43-29-36(30-44(51-43)34-25-23-32(24-26-34)37-16-10-17-39-38-13-5-8-19-45(38)53-49(37)39)31-21-27-35(28-22-31)48-47-41-15-6-9-20-46(41)54-50(47)40-14-4-7-18-42(40)52-48/h1-4,6-12,14-30H,5,13H2. The first-order chi connectivity index (χ1) is 26.7. The van der Waals surface area contributed by atoms with Gasteiger partial charge in [-0.1, -0.05) is 133 Å². The van der Waals surface area contributed by atoms with E-state index in [2.05, 4.69) is 140 Å². The smallest absolute Gasteiger partial charge is 0.147 e. The van der Waals surface area contributed by atoms with Gasteiger partial charge in [-0.25, -0.2) is 9.97 Å². The first kappa shape index (κ1) is 30.6. The zero-order valence-corrected chi connectivity index (χ0v) is 29.3. The summed E-state index contributed by atoms with van der Waals surface area (Å²) in [5.41, 5.74) is 15.3. The number of hydrogen-bond donors (Lipinski definition) is 0. The van der Waals surface area contributed by atoms with Gasteiger partial charge in [-0.15, -0.1) is 0 Å². The molecule has 4 nitrogen and oxygen atoms in total. The Balaban J connectivity index is 1.00. The summed E-state index contributed by atoms with van der Waals surface area (Å²) in [6.45, 7) is 0.